The molecule has 25 heavy (non-hydrogen) atoms. The van der Waals surface area contributed by atoms with Gasteiger partial charge in [0.2, 0.25) is 5.91 Å². The molecule has 0 aromatic heterocycles. The maximum atomic E-state index is 12.9. The third-order valence-electron chi connectivity index (χ3n) is 4.14. The minimum atomic E-state index is -3.08. The highest BCUT2D eigenvalue weighted by Gasteiger charge is 2.35. The summed E-state index contributed by atoms with van der Waals surface area (Å²) in [7, 11) is -3.08. The summed E-state index contributed by atoms with van der Waals surface area (Å²) in [6.07, 6.45) is 0.472. The molecule has 1 fully saturated rings. The van der Waals surface area contributed by atoms with Crippen molar-refractivity contribution in [2.45, 2.75) is 12.5 Å². The molecule has 1 aliphatic rings. The van der Waals surface area contributed by atoms with Gasteiger partial charge >= 0.3 is 0 Å². The van der Waals surface area contributed by atoms with Crippen molar-refractivity contribution in [1.29, 1.82) is 0 Å². The van der Waals surface area contributed by atoms with Crippen LogP contribution in [0.5, 0.6) is 0 Å². The summed E-state index contributed by atoms with van der Waals surface area (Å²) in [5.74, 6) is 0.00554. The zero-order chi connectivity index (χ0) is 17.9. The van der Waals surface area contributed by atoms with Crippen LogP contribution in [0.25, 0.3) is 0 Å². The highest BCUT2D eigenvalue weighted by atomic mass is 79.9. The van der Waals surface area contributed by atoms with Crippen LogP contribution in [0.15, 0.2) is 59.1 Å². The Balaban J connectivity index is 1.78. The van der Waals surface area contributed by atoms with Crippen LogP contribution in [0.1, 0.15) is 6.42 Å². The van der Waals surface area contributed by atoms with Gasteiger partial charge < -0.3 is 10.2 Å². The van der Waals surface area contributed by atoms with Crippen LogP contribution < -0.4 is 10.2 Å². The number of nitrogens with zero attached hydrogens (tertiary/aromatic N) is 1. The van der Waals surface area contributed by atoms with Crippen LogP contribution in [0.4, 0.5) is 11.4 Å². The molecule has 1 saturated heterocycles. The number of hydrogen-bond acceptors (Lipinski definition) is 4. The van der Waals surface area contributed by atoms with E-state index in [1.165, 1.54) is 0 Å². The molecular formula is C18H19BrN2O3S. The lowest BCUT2D eigenvalue weighted by molar-refractivity contribution is -0.117. The van der Waals surface area contributed by atoms with Crippen molar-refractivity contribution in [1.82, 2.24) is 0 Å². The first-order valence-corrected chi connectivity index (χ1v) is 10.6. The second-order valence-electron chi connectivity index (χ2n) is 6.02. The highest BCUT2D eigenvalue weighted by molar-refractivity contribution is 9.10. The van der Waals surface area contributed by atoms with Crippen LogP contribution in [0.2, 0.25) is 0 Å². The highest BCUT2D eigenvalue weighted by Crippen LogP contribution is 2.25. The molecule has 1 aliphatic heterocycles. The predicted molar refractivity (Wildman–Crippen MR) is 104 cm³/mol. The summed E-state index contributed by atoms with van der Waals surface area (Å²) in [5, 5.41) is 3.11. The monoisotopic (exact) mass is 422 g/mol. The average Bonchev–Trinajstić information content (AvgIpc) is 2.94. The van der Waals surface area contributed by atoms with Gasteiger partial charge in [0.15, 0.2) is 9.84 Å². The molecule has 2 aromatic carbocycles. The van der Waals surface area contributed by atoms with Gasteiger partial charge in [-0.15, -0.1) is 0 Å². The third-order valence-corrected chi connectivity index (χ3v) is 6.39. The first kappa shape index (κ1) is 17.9. The second kappa shape index (κ2) is 7.58. The SMILES string of the molecule is O=C(CNc1cccc(Br)c1)N(c1ccccc1)[C@@H]1CCS(=O)(=O)C1. The molecule has 0 radical (unpaired) electrons. The molecule has 0 unspecified atom stereocenters. The molecule has 1 atom stereocenters. The number of para-hydroxylation sites is 1. The molecule has 0 bridgehead atoms. The molecule has 2 aromatic rings. The van der Waals surface area contributed by atoms with Crippen molar-refractivity contribution in [2.24, 2.45) is 0 Å². The molecule has 1 N–H and O–H groups in total. The maximum absolute atomic E-state index is 12.9. The summed E-state index contributed by atoms with van der Waals surface area (Å²) in [4.78, 5) is 14.5. The van der Waals surface area contributed by atoms with Crippen molar-refractivity contribution in [2.75, 3.05) is 28.3 Å². The Morgan fingerprint density at radius 2 is 1.92 bits per heavy atom. The van der Waals surface area contributed by atoms with E-state index in [2.05, 4.69) is 21.2 Å². The number of nitrogens with one attached hydrogen (secondary N) is 1. The summed E-state index contributed by atoms with van der Waals surface area (Å²) < 4.78 is 24.6. The van der Waals surface area contributed by atoms with Crippen molar-refractivity contribution in [3.8, 4) is 0 Å². The Morgan fingerprint density at radius 1 is 1.16 bits per heavy atom. The molecule has 7 heteroatoms. The van der Waals surface area contributed by atoms with E-state index in [4.69, 9.17) is 0 Å². The van der Waals surface area contributed by atoms with Gasteiger partial charge in [-0.3, -0.25) is 4.79 Å². The smallest absolute Gasteiger partial charge is 0.246 e. The lowest BCUT2D eigenvalue weighted by Crippen LogP contribution is -2.44. The number of amides is 1. The summed E-state index contributed by atoms with van der Waals surface area (Å²) in [6.45, 7) is 0.0991. The van der Waals surface area contributed by atoms with Crippen molar-refractivity contribution in [3.63, 3.8) is 0 Å². The van der Waals surface area contributed by atoms with E-state index in [-0.39, 0.29) is 30.0 Å². The molecule has 1 amide bonds. The average molecular weight is 423 g/mol. The normalized spacial score (nSPS) is 18.7. The Hall–Kier alpha value is -1.86. The summed E-state index contributed by atoms with van der Waals surface area (Å²) >= 11 is 3.40. The Labute approximate surface area is 156 Å². The molecule has 132 valence electrons. The summed E-state index contributed by atoms with van der Waals surface area (Å²) in [6, 6.07) is 16.5. The van der Waals surface area contributed by atoms with Gasteiger partial charge in [-0.1, -0.05) is 40.2 Å². The van der Waals surface area contributed by atoms with E-state index in [0.717, 1.165) is 15.8 Å². The van der Waals surface area contributed by atoms with E-state index in [9.17, 15) is 13.2 Å². The van der Waals surface area contributed by atoms with Crippen LogP contribution in [0.3, 0.4) is 0 Å². The van der Waals surface area contributed by atoms with Gasteiger partial charge in [0.05, 0.1) is 24.1 Å². The van der Waals surface area contributed by atoms with Gasteiger partial charge in [-0.25, -0.2) is 8.42 Å². The second-order valence-corrected chi connectivity index (χ2v) is 9.16. The van der Waals surface area contributed by atoms with E-state index >= 15 is 0 Å². The molecule has 0 spiro atoms. The number of halogens is 1. The van der Waals surface area contributed by atoms with E-state index in [1.807, 2.05) is 54.6 Å². The minimum absolute atomic E-state index is 0.0184. The van der Waals surface area contributed by atoms with Gasteiger partial charge in [-0.05, 0) is 36.8 Å². The number of carbonyl (C=O) groups is 1. The predicted octanol–water partition coefficient (Wildman–Crippen LogP) is 3.08. The van der Waals surface area contributed by atoms with E-state index in [0.29, 0.717) is 6.42 Å². The number of rotatable bonds is 5. The van der Waals surface area contributed by atoms with E-state index < -0.39 is 9.84 Å². The topological polar surface area (TPSA) is 66.5 Å². The quantitative estimate of drug-likeness (QED) is 0.803. The van der Waals surface area contributed by atoms with E-state index in [1.54, 1.807) is 4.90 Å². The largest absolute Gasteiger partial charge is 0.376 e. The van der Waals surface area contributed by atoms with Crippen LogP contribution in [-0.4, -0.2) is 38.4 Å². The molecule has 5 nitrogen and oxygen atoms in total. The molecule has 1 heterocycles. The van der Waals surface area contributed by atoms with Gasteiger partial charge in [0, 0.05) is 15.8 Å². The Bertz CT molecular complexity index is 856. The first-order valence-electron chi connectivity index (χ1n) is 8.01. The van der Waals surface area contributed by atoms with Gasteiger partial charge in [0.1, 0.15) is 0 Å². The lowest BCUT2D eigenvalue weighted by atomic mass is 10.1. The van der Waals surface area contributed by atoms with Gasteiger partial charge in [0.25, 0.3) is 0 Å². The molecular weight excluding hydrogens is 404 g/mol. The molecule has 0 saturated carbocycles. The number of anilines is 2. The standard InChI is InChI=1S/C18H19BrN2O3S/c19-14-5-4-6-15(11-14)20-12-18(22)21(16-7-2-1-3-8-16)17-9-10-25(23,24)13-17/h1-8,11,17,20H,9-10,12-13H2/t17-/m1/s1. The van der Waals surface area contributed by atoms with Crippen LogP contribution >= 0.6 is 15.9 Å². The zero-order valence-electron chi connectivity index (χ0n) is 13.6. The van der Waals surface area contributed by atoms with Crippen LogP contribution in [0, 0.1) is 0 Å². The maximum Gasteiger partial charge on any atom is 0.246 e. The lowest BCUT2D eigenvalue weighted by Gasteiger charge is -2.28. The number of carbonyl (C=O) groups excluding carboxylic acids is 1. The number of hydrogen-bond donors (Lipinski definition) is 1. The Morgan fingerprint density at radius 3 is 2.56 bits per heavy atom. The molecule has 0 aliphatic carbocycles. The Kier molecular flexibility index (Phi) is 5.44. The number of benzene rings is 2. The fraction of sp³-hybridized carbons (Fsp3) is 0.278. The van der Waals surface area contributed by atoms with Crippen molar-refractivity contribution < 1.29 is 13.2 Å². The van der Waals surface area contributed by atoms with Crippen LogP contribution in [-0.2, 0) is 14.6 Å². The fourth-order valence-electron chi connectivity index (χ4n) is 2.99. The third kappa shape index (κ3) is 4.61. The van der Waals surface area contributed by atoms with Gasteiger partial charge in [-0.2, -0.15) is 0 Å². The minimum Gasteiger partial charge on any atom is -0.376 e. The fourth-order valence-corrected chi connectivity index (χ4v) is 5.09. The zero-order valence-corrected chi connectivity index (χ0v) is 16.0. The molecule has 3 rings (SSSR count). The first-order chi connectivity index (χ1) is 11.9. The summed E-state index contributed by atoms with van der Waals surface area (Å²) in [5.41, 5.74) is 1.56. The number of sulfone groups is 1. The van der Waals surface area contributed by atoms with Crippen molar-refractivity contribution >= 4 is 43.0 Å². The van der Waals surface area contributed by atoms with Crippen molar-refractivity contribution in [3.05, 3.63) is 59.1 Å².